The lowest BCUT2D eigenvalue weighted by atomic mass is 9.99. The van der Waals surface area contributed by atoms with Crippen molar-refractivity contribution in [2.45, 2.75) is 38.6 Å². The van der Waals surface area contributed by atoms with Gasteiger partial charge in [-0.15, -0.1) is 11.3 Å². The molecule has 1 aliphatic rings. The maximum absolute atomic E-state index is 12.7. The van der Waals surface area contributed by atoms with Crippen molar-refractivity contribution in [1.29, 1.82) is 0 Å². The van der Waals surface area contributed by atoms with Crippen LogP contribution in [0.15, 0.2) is 54.0 Å². The van der Waals surface area contributed by atoms with E-state index >= 15 is 0 Å². The molecule has 0 fully saturated rings. The van der Waals surface area contributed by atoms with Crippen LogP contribution >= 0.6 is 11.3 Å². The van der Waals surface area contributed by atoms with Gasteiger partial charge in [0.05, 0.1) is 11.6 Å². The predicted molar refractivity (Wildman–Crippen MR) is 125 cm³/mol. The topological polar surface area (TPSA) is 63.2 Å². The highest BCUT2D eigenvalue weighted by atomic mass is 32.1. The zero-order chi connectivity index (χ0) is 21.3. The molecule has 1 aliphatic heterocycles. The average Bonchev–Trinajstić information content (AvgIpc) is 3.29. The second kappa shape index (κ2) is 11.1. The van der Waals surface area contributed by atoms with E-state index in [2.05, 4.69) is 39.9 Å². The quantitative estimate of drug-likeness (QED) is 0.639. The first kappa shape index (κ1) is 21.5. The van der Waals surface area contributed by atoms with E-state index in [1.54, 1.807) is 17.5 Å². The van der Waals surface area contributed by atoms with Gasteiger partial charge in [-0.1, -0.05) is 24.3 Å². The smallest absolute Gasteiger partial charge is 0.251 e. The summed E-state index contributed by atoms with van der Waals surface area (Å²) in [7, 11) is 0. The highest BCUT2D eigenvalue weighted by molar-refractivity contribution is 7.09. The molecule has 3 aromatic rings. The molecule has 0 radical (unpaired) electrons. The molecule has 5 nitrogen and oxygen atoms in total. The van der Waals surface area contributed by atoms with Crippen LogP contribution in [-0.4, -0.2) is 30.6 Å². The number of carbonyl (C=O) groups excluding carboxylic acids is 1. The lowest BCUT2D eigenvalue weighted by Gasteiger charge is -2.15. The van der Waals surface area contributed by atoms with Crippen molar-refractivity contribution in [1.82, 2.24) is 15.6 Å². The van der Waals surface area contributed by atoms with Crippen molar-refractivity contribution in [2.75, 3.05) is 19.7 Å². The summed E-state index contributed by atoms with van der Waals surface area (Å²) in [5.41, 5.74) is 4.23. The highest BCUT2D eigenvalue weighted by Crippen LogP contribution is 2.25. The number of rotatable bonds is 4. The van der Waals surface area contributed by atoms with Crippen LogP contribution in [0.4, 0.5) is 0 Å². The van der Waals surface area contributed by atoms with E-state index in [-0.39, 0.29) is 5.91 Å². The van der Waals surface area contributed by atoms with E-state index in [1.165, 1.54) is 11.1 Å². The van der Waals surface area contributed by atoms with Crippen LogP contribution in [-0.2, 0) is 19.4 Å². The normalized spacial score (nSPS) is 14.7. The lowest BCUT2D eigenvalue weighted by Crippen LogP contribution is -2.25. The number of hydrogen-bond donors (Lipinski definition) is 2. The van der Waals surface area contributed by atoms with Crippen LogP contribution in [0.2, 0.25) is 0 Å². The number of benzene rings is 2. The Labute approximate surface area is 187 Å². The first-order valence-electron chi connectivity index (χ1n) is 11.0. The van der Waals surface area contributed by atoms with E-state index in [0.29, 0.717) is 18.7 Å². The van der Waals surface area contributed by atoms with Gasteiger partial charge in [0.25, 0.3) is 5.91 Å². The largest absolute Gasteiger partial charge is 0.493 e. The Balaban J connectivity index is 1.50. The SMILES string of the molecule is O=C(NCCc1nccs1)c1ccc2c(c1)Cc1cccc(c1)CNCCCCCO2. The number of amides is 1. The summed E-state index contributed by atoms with van der Waals surface area (Å²) >= 11 is 1.61. The number of fused-ring (bicyclic) bond motifs is 3. The third kappa shape index (κ3) is 6.39. The maximum atomic E-state index is 12.7. The van der Waals surface area contributed by atoms with Gasteiger partial charge in [0, 0.05) is 43.1 Å². The summed E-state index contributed by atoms with van der Waals surface area (Å²) in [5.74, 6) is 0.816. The zero-order valence-corrected chi connectivity index (χ0v) is 18.5. The molecule has 31 heavy (non-hydrogen) atoms. The van der Waals surface area contributed by atoms with Gasteiger partial charge >= 0.3 is 0 Å². The molecule has 1 aromatic heterocycles. The molecule has 0 saturated carbocycles. The van der Waals surface area contributed by atoms with Gasteiger partial charge in [-0.05, 0) is 60.7 Å². The third-order valence-electron chi connectivity index (χ3n) is 5.40. The number of nitrogens with one attached hydrogen (secondary N) is 2. The summed E-state index contributed by atoms with van der Waals surface area (Å²) in [6.07, 6.45) is 6.60. The minimum atomic E-state index is -0.0586. The van der Waals surface area contributed by atoms with Crippen LogP contribution in [0.3, 0.4) is 0 Å². The Morgan fingerprint density at radius 1 is 1.13 bits per heavy atom. The molecular formula is C25H29N3O2S. The molecule has 1 amide bonds. The number of ether oxygens (including phenoxy) is 1. The Bertz CT molecular complexity index is 988. The van der Waals surface area contributed by atoms with Gasteiger partial charge in [0.1, 0.15) is 5.75 Å². The minimum absolute atomic E-state index is 0.0586. The second-order valence-electron chi connectivity index (χ2n) is 7.84. The Hall–Kier alpha value is -2.70. The number of nitrogens with zero attached hydrogens (tertiary/aromatic N) is 1. The van der Waals surface area contributed by atoms with Gasteiger partial charge in [0.2, 0.25) is 0 Å². The van der Waals surface area contributed by atoms with Gasteiger partial charge in [-0.3, -0.25) is 4.79 Å². The number of hydrogen-bond acceptors (Lipinski definition) is 5. The van der Waals surface area contributed by atoms with E-state index < -0.39 is 0 Å². The molecule has 0 unspecified atom stereocenters. The third-order valence-corrected chi connectivity index (χ3v) is 6.24. The summed E-state index contributed by atoms with van der Waals surface area (Å²) in [6.45, 7) is 3.20. The lowest BCUT2D eigenvalue weighted by molar-refractivity contribution is 0.0954. The van der Waals surface area contributed by atoms with Crippen LogP contribution in [0.1, 0.15) is 51.3 Å². The highest BCUT2D eigenvalue weighted by Gasteiger charge is 2.12. The summed E-state index contributed by atoms with van der Waals surface area (Å²) in [4.78, 5) is 17.0. The molecule has 2 aromatic carbocycles. The average molecular weight is 436 g/mol. The second-order valence-corrected chi connectivity index (χ2v) is 8.82. The van der Waals surface area contributed by atoms with E-state index in [0.717, 1.165) is 61.5 Å². The molecule has 0 atom stereocenters. The van der Waals surface area contributed by atoms with Crippen LogP contribution in [0.25, 0.3) is 0 Å². The fourth-order valence-electron chi connectivity index (χ4n) is 3.77. The van der Waals surface area contributed by atoms with Crippen molar-refractivity contribution in [3.63, 3.8) is 0 Å². The molecule has 162 valence electrons. The Kier molecular flexibility index (Phi) is 7.69. The zero-order valence-electron chi connectivity index (χ0n) is 17.7. The Morgan fingerprint density at radius 2 is 2.06 bits per heavy atom. The van der Waals surface area contributed by atoms with Crippen molar-refractivity contribution < 1.29 is 9.53 Å². The first-order valence-corrected chi connectivity index (χ1v) is 11.9. The van der Waals surface area contributed by atoms with Crippen molar-refractivity contribution in [3.8, 4) is 5.75 Å². The summed E-state index contributed by atoms with van der Waals surface area (Å²) in [6, 6.07) is 14.4. The number of aromatic nitrogens is 1. The van der Waals surface area contributed by atoms with Crippen LogP contribution in [0, 0.1) is 0 Å². The maximum Gasteiger partial charge on any atom is 0.251 e. The number of thiazole rings is 1. The van der Waals surface area contributed by atoms with Crippen LogP contribution < -0.4 is 15.4 Å². The van der Waals surface area contributed by atoms with E-state index in [1.807, 2.05) is 23.6 Å². The monoisotopic (exact) mass is 435 g/mol. The van der Waals surface area contributed by atoms with Gasteiger partial charge in [-0.25, -0.2) is 4.98 Å². The molecule has 0 spiro atoms. The molecule has 4 rings (SSSR count). The molecule has 0 aliphatic carbocycles. The fourth-order valence-corrected chi connectivity index (χ4v) is 4.39. The predicted octanol–water partition coefficient (Wildman–Crippen LogP) is 4.36. The van der Waals surface area contributed by atoms with Crippen molar-refractivity contribution >= 4 is 17.2 Å². The summed E-state index contributed by atoms with van der Waals surface area (Å²) in [5, 5.41) is 9.52. The number of carbonyl (C=O) groups is 1. The minimum Gasteiger partial charge on any atom is -0.493 e. The Morgan fingerprint density at radius 3 is 2.97 bits per heavy atom. The summed E-state index contributed by atoms with van der Waals surface area (Å²) < 4.78 is 6.11. The molecule has 2 bridgehead atoms. The van der Waals surface area contributed by atoms with Gasteiger partial charge in [0.15, 0.2) is 0 Å². The molecule has 6 heteroatoms. The van der Waals surface area contributed by atoms with E-state index in [9.17, 15) is 4.79 Å². The van der Waals surface area contributed by atoms with Gasteiger partial charge < -0.3 is 15.4 Å². The molecule has 2 heterocycles. The van der Waals surface area contributed by atoms with Gasteiger partial charge in [-0.2, -0.15) is 0 Å². The molecule has 2 N–H and O–H groups in total. The van der Waals surface area contributed by atoms with E-state index in [4.69, 9.17) is 4.74 Å². The molecular weight excluding hydrogens is 406 g/mol. The standard InChI is InChI=1S/C25H29N3O2S/c29-25(28-11-9-24-27-12-14-31-24)21-7-8-23-22(17-21)16-19-5-4-6-20(15-19)18-26-10-2-1-3-13-30-23/h4-8,12,14-15,17,26H,1-3,9-11,13,16,18H2,(H,28,29). The van der Waals surface area contributed by atoms with Crippen LogP contribution in [0.5, 0.6) is 5.75 Å². The van der Waals surface area contributed by atoms with Crippen molar-refractivity contribution in [2.24, 2.45) is 0 Å². The first-order chi connectivity index (χ1) is 15.3. The fraction of sp³-hybridized carbons (Fsp3) is 0.360. The van der Waals surface area contributed by atoms with Crippen molar-refractivity contribution in [3.05, 3.63) is 81.3 Å². The molecule has 0 saturated heterocycles.